The molecule has 1 saturated heterocycles. The summed E-state index contributed by atoms with van der Waals surface area (Å²) in [6.07, 6.45) is 7.81. The van der Waals surface area contributed by atoms with E-state index in [1.807, 2.05) is 6.20 Å². The van der Waals surface area contributed by atoms with E-state index in [4.69, 9.17) is 0 Å². The molecule has 1 saturated carbocycles. The smallest absolute Gasteiger partial charge is 0.0229 e. The van der Waals surface area contributed by atoms with Crippen LogP contribution in [0.15, 0.2) is 12.8 Å². The maximum Gasteiger partial charge on any atom is 0.0229 e. The number of hydrogen-bond acceptors (Lipinski definition) is 1. The summed E-state index contributed by atoms with van der Waals surface area (Å²) in [5.41, 5.74) is 0.744. The summed E-state index contributed by atoms with van der Waals surface area (Å²) in [5.74, 6) is 0. The number of nitrogens with zero attached hydrogens (tertiary/aromatic N) is 1. The molecule has 10 heavy (non-hydrogen) atoms. The molecule has 0 radical (unpaired) electrons. The molecule has 1 spiro atoms. The molecule has 1 nitrogen and oxygen atoms in total. The standard InChI is InChI=1S/C9H15N/c1-2-10-7-6-9(8-10)4-3-5-9/h2H,1,3-8H2. The first-order valence-corrected chi connectivity index (χ1v) is 4.21. The van der Waals surface area contributed by atoms with Crippen LogP contribution < -0.4 is 0 Å². The van der Waals surface area contributed by atoms with Crippen molar-refractivity contribution in [3.63, 3.8) is 0 Å². The molecule has 0 aromatic rings. The van der Waals surface area contributed by atoms with Crippen LogP contribution in [0.4, 0.5) is 0 Å². The van der Waals surface area contributed by atoms with E-state index >= 15 is 0 Å². The molecular weight excluding hydrogens is 122 g/mol. The van der Waals surface area contributed by atoms with Crippen LogP contribution in [0.1, 0.15) is 25.7 Å². The lowest BCUT2D eigenvalue weighted by Gasteiger charge is -2.37. The highest BCUT2D eigenvalue weighted by atomic mass is 15.1. The van der Waals surface area contributed by atoms with Crippen molar-refractivity contribution < 1.29 is 0 Å². The zero-order valence-corrected chi connectivity index (χ0v) is 6.47. The molecule has 0 N–H and O–H groups in total. The van der Waals surface area contributed by atoms with Crippen LogP contribution in [0.3, 0.4) is 0 Å². The van der Waals surface area contributed by atoms with E-state index in [1.165, 1.54) is 38.8 Å². The first kappa shape index (κ1) is 6.26. The summed E-state index contributed by atoms with van der Waals surface area (Å²) >= 11 is 0. The van der Waals surface area contributed by atoms with Gasteiger partial charge in [0.15, 0.2) is 0 Å². The fourth-order valence-electron chi connectivity index (χ4n) is 2.21. The Morgan fingerprint density at radius 3 is 2.40 bits per heavy atom. The average molecular weight is 137 g/mol. The summed E-state index contributed by atoms with van der Waals surface area (Å²) in [6, 6.07) is 0. The second-order valence-electron chi connectivity index (χ2n) is 3.76. The maximum atomic E-state index is 3.79. The van der Waals surface area contributed by atoms with Crippen LogP contribution in [0.25, 0.3) is 0 Å². The zero-order chi connectivity index (χ0) is 7.03. The van der Waals surface area contributed by atoms with Gasteiger partial charge in [-0.3, -0.25) is 0 Å². The predicted octanol–water partition coefficient (Wildman–Crippen LogP) is 2.01. The summed E-state index contributed by atoms with van der Waals surface area (Å²) in [7, 11) is 0. The molecule has 56 valence electrons. The molecule has 0 bridgehead atoms. The van der Waals surface area contributed by atoms with Gasteiger partial charge in [-0.05, 0) is 30.9 Å². The maximum absolute atomic E-state index is 3.79. The Bertz CT molecular complexity index is 147. The number of likely N-dealkylation sites (tertiary alicyclic amines) is 1. The second-order valence-corrected chi connectivity index (χ2v) is 3.76. The van der Waals surface area contributed by atoms with E-state index < -0.39 is 0 Å². The molecule has 1 heteroatoms. The average Bonchev–Trinajstić information content (AvgIpc) is 2.29. The largest absolute Gasteiger partial charge is 0.377 e. The minimum Gasteiger partial charge on any atom is -0.377 e. The van der Waals surface area contributed by atoms with Gasteiger partial charge in [0.1, 0.15) is 0 Å². The van der Waals surface area contributed by atoms with Gasteiger partial charge in [-0.1, -0.05) is 13.0 Å². The molecule has 1 heterocycles. The third kappa shape index (κ3) is 0.764. The van der Waals surface area contributed by atoms with Crippen LogP contribution in [-0.2, 0) is 0 Å². The Hall–Kier alpha value is -0.460. The highest BCUT2D eigenvalue weighted by Gasteiger charge is 2.41. The van der Waals surface area contributed by atoms with Crippen molar-refractivity contribution in [2.75, 3.05) is 13.1 Å². The van der Waals surface area contributed by atoms with Crippen molar-refractivity contribution in [2.24, 2.45) is 5.41 Å². The molecule has 2 fully saturated rings. The van der Waals surface area contributed by atoms with Crippen LogP contribution in [-0.4, -0.2) is 18.0 Å². The van der Waals surface area contributed by atoms with Crippen LogP contribution >= 0.6 is 0 Å². The minimum atomic E-state index is 0.744. The fourth-order valence-corrected chi connectivity index (χ4v) is 2.21. The number of hydrogen-bond donors (Lipinski definition) is 0. The third-order valence-corrected chi connectivity index (χ3v) is 3.14. The Morgan fingerprint density at radius 2 is 2.10 bits per heavy atom. The summed E-state index contributed by atoms with van der Waals surface area (Å²) in [6.45, 7) is 6.33. The Balaban J connectivity index is 1.98. The number of rotatable bonds is 1. The normalized spacial score (nSPS) is 28.6. The van der Waals surface area contributed by atoms with Gasteiger partial charge in [0, 0.05) is 13.1 Å². The predicted molar refractivity (Wildman–Crippen MR) is 42.7 cm³/mol. The van der Waals surface area contributed by atoms with Gasteiger partial charge in [-0.15, -0.1) is 0 Å². The van der Waals surface area contributed by atoms with Crippen molar-refractivity contribution in [3.8, 4) is 0 Å². The first-order chi connectivity index (χ1) is 4.85. The Kier molecular flexibility index (Phi) is 1.26. The van der Waals surface area contributed by atoms with Crippen LogP contribution in [0.2, 0.25) is 0 Å². The van der Waals surface area contributed by atoms with Gasteiger partial charge in [0.2, 0.25) is 0 Å². The zero-order valence-electron chi connectivity index (χ0n) is 6.47. The van der Waals surface area contributed by atoms with Crippen molar-refractivity contribution in [2.45, 2.75) is 25.7 Å². The topological polar surface area (TPSA) is 3.24 Å². The van der Waals surface area contributed by atoms with Gasteiger partial charge in [-0.2, -0.15) is 0 Å². The van der Waals surface area contributed by atoms with Gasteiger partial charge in [0.25, 0.3) is 0 Å². The first-order valence-electron chi connectivity index (χ1n) is 4.21. The van der Waals surface area contributed by atoms with E-state index in [1.54, 1.807) is 0 Å². The van der Waals surface area contributed by atoms with Gasteiger partial charge >= 0.3 is 0 Å². The van der Waals surface area contributed by atoms with E-state index in [0.29, 0.717) is 0 Å². The lowest BCUT2D eigenvalue weighted by atomic mass is 9.68. The summed E-state index contributed by atoms with van der Waals surface area (Å²) in [4.78, 5) is 2.36. The second kappa shape index (κ2) is 2.01. The van der Waals surface area contributed by atoms with Crippen molar-refractivity contribution in [1.82, 2.24) is 4.90 Å². The Labute approximate surface area is 62.7 Å². The minimum absolute atomic E-state index is 0.744. The summed E-state index contributed by atoms with van der Waals surface area (Å²) < 4.78 is 0. The molecule has 0 aromatic heterocycles. The molecule has 0 amide bonds. The molecule has 0 aromatic carbocycles. The van der Waals surface area contributed by atoms with Gasteiger partial charge in [0.05, 0.1) is 0 Å². The van der Waals surface area contributed by atoms with E-state index in [0.717, 1.165) is 5.41 Å². The monoisotopic (exact) mass is 137 g/mol. The van der Waals surface area contributed by atoms with E-state index in [-0.39, 0.29) is 0 Å². The fraction of sp³-hybridized carbons (Fsp3) is 0.778. The van der Waals surface area contributed by atoms with Crippen molar-refractivity contribution >= 4 is 0 Å². The lowest BCUT2D eigenvalue weighted by molar-refractivity contribution is 0.149. The van der Waals surface area contributed by atoms with E-state index in [9.17, 15) is 0 Å². The molecule has 1 aliphatic heterocycles. The molecular formula is C9H15N. The van der Waals surface area contributed by atoms with Crippen LogP contribution in [0.5, 0.6) is 0 Å². The van der Waals surface area contributed by atoms with Crippen molar-refractivity contribution in [1.29, 1.82) is 0 Å². The Morgan fingerprint density at radius 1 is 1.30 bits per heavy atom. The molecule has 2 aliphatic rings. The highest BCUT2D eigenvalue weighted by molar-refractivity contribution is 4.97. The van der Waals surface area contributed by atoms with Crippen molar-refractivity contribution in [3.05, 3.63) is 12.8 Å². The molecule has 1 aliphatic carbocycles. The van der Waals surface area contributed by atoms with Crippen LogP contribution in [0, 0.1) is 5.41 Å². The molecule has 0 atom stereocenters. The van der Waals surface area contributed by atoms with Gasteiger partial charge in [-0.25, -0.2) is 0 Å². The van der Waals surface area contributed by atoms with Gasteiger partial charge < -0.3 is 4.90 Å². The van der Waals surface area contributed by atoms with E-state index in [2.05, 4.69) is 11.5 Å². The SMILES string of the molecule is C=CN1CCC2(CCC2)C1. The summed E-state index contributed by atoms with van der Waals surface area (Å²) in [5, 5.41) is 0. The molecule has 2 rings (SSSR count). The third-order valence-electron chi connectivity index (χ3n) is 3.14. The quantitative estimate of drug-likeness (QED) is 0.534. The highest BCUT2D eigenvalue weighted by Crippen LogP contribution is 2.47. The molecule has 0 unspecified atom stereocenters. The lowest BCUT2D eigenvalue weighted by Crippen LogP contribution is -2.31.